The first-order chi connectivity index (χ1) is 13.0. The second-order valence-corrected chi connectivity index (χ2v) is 16.6. The molecule has 0 saturated heterocycles. The summed E-state index contributed by atoms with van der Waals surface area (Å²) in [5.41, 5.74) is 6.85. The van der Waals surface area contributed by atoms with Gasteiger partial charge in [0.2, 0.25) is 8.32 Å². The Kier molecular flexibility index (Phi) is 5.98. The Balaban J connectivity index is 2.04. The molecule has 0 amide bonds. The van der Waals surface area contributed by atoms with Crippen LogP contribution in [0.5, 0.6) is 0 Å². The van der Waals surface area contributed by atoms with Gasteiger partial charge in [0.1, 0.15) is 0 Å². The van der Waals surface area contributed by atoms with Gasteiger partial charge in [-0.15, -0.1) is 0 Å². The van der Waals surface area contributed by atoms with Crippen LogP contribution in [0.3, 0.4) is 0 Å². The molecule has 0 radical (unpaired) electrons. The molecule has 1 fully saturated rings. The standard InChI is InChI=1S/C26H44OSi/c1-18(2)28(19(3)4,20(5)6)27-26(9)16-10-15-25(8)23-13-11-21(7)17-22(23)12-14-24(25)26/h11,13,17-20,24H,10,12,14-16H2,1-9H3/t24-,25+,26-/m0/s1. The van der Waals surface area contributed by atoms with Crippen LogP contribution in [-0.4, -0.2) is 13.9 Å². The molecule has 2 aliphatic carbocycles. The highest BCUT2D eigenvalue weighted by Gasteiger charge is 2.57. The van der Waals surface area contributed by atoms with Crippen molar-refractivity contribution in [1.82, 2.24) is 0 Å². The molecule has 0 unspecified atom stereocenters. The van der Waals surface area contributed by atoms with Crippen molar-refractivity contribution < 1.29 is 4.43 Å². The zero-order valence-electron chi connectivity index (χ0n) is 20.0. The number of benzene rings is 1. The molecule has 0 aromatic heterocycles. The van der Waals surface area contributed by atoms with Crippen LogP contribution in [0, 0.1) is 12.8 Å². The van der Waals surface area contributed by atoms with E-state index >= 15 is 0 Å². The molecule has 2 heteroatoms. The average Bonchev–Trinajstić information content (AvgIpc) is 2.58. The van der Waals surface area contributed by atoms with Gasteiger partial charge in [0.25, 0.3) is 0 Å². The van der Waals surface area contributed by atoms with Gasteiger partial charge in [-0.1, -0.05) is 72.2 Å². The van der Waals surface area contributed by atoms with E-state index in [1.165, 1.54) is 37.7 Å². The minimum atomic E-state index is -1.90. The first kappa shape index (κ1) is 22.1. The van der Waals surface area contributed by atoms with E-state index < -0.39 is 8.32 Å². The van der Waals surface area contributed by atoms with Crippen molar-refractivity contribution in [3.8, 4) is 0 Å². The molecular formula is C26H44OSi. The van der Waals surface area contributed by atoms with Gasteiger partial charge in [0, 0.05) is 0 Å². The summed E-state index contributed by atoms with van der Waals surface area (Å²) in [6.07, 6.45) is 6.33. The Morgan fingerprint density at radius 2 is 1.57 bits per heavy atom. The van der Waals surface area contributed by atoms with Crippen LogP contribution in [0.4, 0.5) is 0 Å². The molecule has 1 saturated carbocycles. The number of aryl methyl sites for hydroxylation is 2. The highest BCUT2D eigenvalue weighted by atomic mass is 28.4. The van der Waals surface area contributed by atoms with E-state index in [0.29, 0.717) is 22.5 Å². The van der Waals surface area contributed by atoms with E-state index in [9.17, 15) is 0 Å². The third-order valence-corrected chi connectivity index (χ3v) is 14.8. The Morgan fingerprint density at radius 1 is 0.964 bits per heavy atom. The third-order valence-electron chi connectivity index (χ3n) is 8.57. The maximum absolute atomic E-state index is 7.56. The molecule has 1 aromatic carbocycles. The lowest BCUT2D eigenvalue weighted by Gasteiger charge is -2.59. The van der Waals surface area contributed by atoms with Crippen LogP contribution in [0.25, 0.3) is 0 Å². The van der Waals surface area contributed by atoms with E-state index in [0.717, 1.165) is 0 Å². The molecule has 28 heavy (non-hydrogen) atoms. The van der Waals surface area contributed by atoms with Crippen molar-refractivity contribution in [2.75, 3.05) is 0 Å². The molecular weight excluding hydrogens is 356 g/mol. The minimum Gasteiger partial charge on any atom is -0.411 e. The maximum atomic E-state index is 7.56. The highest BCUT2D eigenvalue weighted by molar-refractivity contribution is 6.77. The first-order valence-electron chi connectivity index (χ1n) is 11.8. The number of hydrogen-bond donors (Lipinski definition) is 0. The van der Waals surface area contributed by atoms with Gasteiger partial charge in [0.15, 0.2) is 0 Å². The summed E-state index contributed by atoms with van der Waals surface area (Å²) in [5, 5.41) is 0. The average molecular weight is 401 g/mol. The quantitative estimate of drug-likeness (QED) is 0.456. The molecule has 1 aromatic rings. The van der Waals surface area contributed by atoms with Crippen LogP contribution in [0.2, 0.25) is 16.6 Å². The summed E-state index contributed by atoms with van der Waals surface area (Å²) in [5.74, 6) is 0.632. The Bertz CT molecular complexity index is 685. The molecule has 2 aliphatic rings. The smallest absolute Gasteiger partial charge is 0.201 e. The van der Waals surface area contributed by atoms with Crippen molar-refractivity contribution >= 4 is 8.32 Å². The normalized spacial score (nSPS) is 30.6. The Morgan fingerprint density at radius 3 is 2.14 bits per heavy atom. The lowest BCUT2D eigenvalue weighted by Crippen LogP contribution is -2.61. The summed E-state index contributed by atoms with van der Waals surface area (Å²) in [6, 6.07) is 7.22. The van der Waals surface area contributed by atoms with Crippen molar-refractivity contribution in [2.45, 2.75) is 122 Å². The fourth-order valence-electron chi connectivity index (χ4n) is 7.44. The van der Waals surface area contributed by atoms with E-state index in [-0.39, 0.29) is 11.0 Å². The minimum absolute atomic E-state index is 0.0145. The molecule has 0 N–H and O–H groups in total. The van der Waals surface area contributed by atoms with Crippen LogP contribution in [-0.2, 0) is 16.3 Å². The molecule has 1 nitrogen and oxygen atoms in total. The van der Waals surface area contributed by atoms with Gasteiger partial charge in [-0.25, -0.2) is 0 Å². The topological polar surface area (TPSA) is 9.23 Å². The summed E-state index contributed by atoms with van der Waals surface area (Å²) < 4.78 is 7.56. The van der Waals surface area contributed by atoms with Gasteiger partial charge in [-0.2, -0.15) is 0 Å². The van der Waals surface area contributed by atoms with Crippen molar-refractivity contribution in [2.24, 2.45) is 5.92 Å². The van der Waals surface area contributed by atoms with Crippen LogP contribution < -0.4 is 0 Å². The summed E-state index contributed by atoms with van der Waals surface area (Å²) in [4.78, 5) is 0. The van der Waals surface area contributed by atoms with Crippen molar-refractivity contribution in [3.63, 3.8) is 0 Å². The zero-order valence-corrected chi connectivity index (χ0v) is 21.0. The number of hydrogen-bond acceptors (Lipinski definition) is 1. The number of rotatable bonds is 5. The lowest BCUT2D eigenvalue weighted by atomic mass is 9.53. The maximum Gasteiger partial charge on any atom is 0.201 e. The van der Waals surface area contributed by atoms with Gasteiger partial charge in [-0.05, 0) is 85.0 Å². The molecule has 3 atom stereocenters. The monoisotopic (exact) mass is 400 g/mol. The molecule has 158 valence electrons. The summed E-state index contributed by atoms with van der Waals surface area (Å²) in [6.45, 7) is 21.8. The van der Waals surface area contributed by atoms with E-state index in [2.05, 4.69) is 80.5 Å². The van der Waals surface area contributed by atoms with Gasteiger partial charge in [0.05, 0.1) is 5.60 Å². The highest BCUT2D eigenvalue weighted by Crippen LogP contribution is 2.57. The van der Waals surface area contributed by atoms with Crippen molar-refractivity contribution in [3.05, 3.63) is 34.9 Å². The fraction of sp³-hybridized carbons (Fsp3) is 0.769. The predicted octanol–water partition coefficient (Wildman–Crippen LogP) is 7.95. The van der Waals surface area contributed by atoms with Crippen LogP contribution >= 0.6 is 0 Å². The molecule has 0 bridgehead atoms. The van der Waals surface area contributed by atoms with Gasteiger partial charge >= 0.3 is 0 Å². The molecule has 0 heterocycles. The SMILES string of the molecule is Cc1ccc2c(c1)CC[C@@H]1[C@@](C)(O[Si](C(C)C)(C(C)C)C(C)C)CCC[C@]21C. The van der Waals surface area contributed by atoms with E-state index in [4.69, 9.17) is 4.43 Å². The second-order valence-electron chi connectivity index (χ2n) is 11.3. The fourth-order valence-corrected chi connectivity index (χ4v) is 13.2. The van der Waals surface area contributed by atoms with Crippen LogP contribution in [0.15, 0.2) is 18.2 Å². The summed E-state index contributed by atoms with van der Waals surface area (Å²) >= 11 is 0. The third kappa shape index (κ3) is 3.33. The Hall–Kier alpha value is -0.603. The largest absolute Gasteiger partial charge is 0.411 e. The van der Waals surface area contributed by atoms with E-state index in [1.54, 1.807) is 11.1 Å². The van der Waals surface area contributed by atoms with Crippen molar-refractivity contribution in [1.29, 1.82) is 0 Å². The summed E-state index contributed by atoms with van der Waals surface area (Å²) in [7, 11) is -1.90. The van der Waals surface area contributed by atoms with E-state index in [1.807, 2.05) is 0 Å². The van der Waals surface area contributed by atoms with Crippen LogP contribution in [0.1, 0.15) is 97.8 Å². The van der Waals surface area contributed by atoms with Gasteiger partial charge in [-0.3, -0.25) is 0 Å². The lowest BCUT2D eigenvalue weighted by molar-refractivity contribution is -0.0664. The van der Waals surface area contributed by atoms with Gasteiger partial charge < -0.3 is 4.43 Å². The number of fused-ring (bicyclic) bond motifs is 3. The molecule has 0 aliphatic heterocycles. The molecule has 0 spiro atoms. The Labute approximate surface area is 175 Å². The molecule has 3 rings (SSSR count). The predicted molar refractivity (Wildman–Crippen MR) is 125 cm³/mol. The zero-order chi connectivity index (χ0) is 20.9. The second kappa shape index (κ2) is 7.58. The first-order valence-corrected chi connectivity index (χ1v) is 13.9.